The van der Waals surface area contributed by atoms with Crippen molar-refractivity contribution in [2.24, 2.45) is 0 Å². The molecule has 1 aliphatic rings. The molecule has 1 saturated heterocycles. The number of hydrogen-bond donors (Lipinski definition) is 1. The monoisotopic (exact) mass is 221 g/mol. The summed E-state index contributed by atoms with van der Waals surface area (Å²) >= 11 is 0. The van der Waals surface area contributed by atoms with Gasteiger partial charge in [0, 0.05) is 39.1 Å². The van der Waals surface area contributed by atoms with Crippen LogP contribution in [-0.2, 0) is 6.42 Å². The smallest absolute Gasteiger partial charge is 0.152 e. The first-order chi connectivity index (χ1) is 7.75. The van der Waals surface area contributed by atoms with Crippen LogP contribution in [0.5, 0.6) is 0 Å². The van der Waals surface area contributed by atoms with Crippen molar-refractivity contribution in [2.75, 3.05) is 32.7 Å². The summed E-state index contributed by atoms with van der Waals surface area (Å²) in [7, 11) is 0. The van der Waals surface area contributed by atoms with E-state index in [1.165, 1.54) is 0 Å². The Hall–Kier alpha value is -1.07. The number of nitrogens with one attached hydrogen (secondary N) is 1. The third kappa shape index (κ3) is 2.96. The average Bonchev–Trinajstić information content (AvgIpc) is 2.32. The molecule has 0 aliphatic carbocycles. The largest absolute Gasteiger partial charge is 0.314 e. The van der Waals surface area contributed by atoms with Crippen LogP contribution in [0.3, 0.4) is 0 Å². The van der Waals surface area contributed by atoms with Crippen LogP contribution in [0.2, 0.25) is 0 Å². The number of nitrogens with zero attached hydrogens (tertiary/aromatic N) is 4. The third-order valence-corrected chi connectivity index (χ3v) is 3.00. The highest BCUT2D eigenvalue weighted by Crippen LogP contribution is 2.00. The van der Waals surface area contributed by atoms with E-state index >= 15 is 0 Å². The van der Waals surface area contributed by atoms with Gasteiger partial charge in [-0.15, -0.1) is 5.10 Å². The maximum absolute atomic E-state index is 4.44. The fourth-order valence-corrected chi connectivity index (χ4v) is 1.80. The van der Waals surface area contributed by atoms with Gasteiger partial charge in [-0.2, -0.15) is 5.10 Å². The summed E-state index contributed by atoms with van der Waals surface area (Å²) in [6.45, 7) is 9.38. The van der Waals surface area contributed by atoms with Gasteiger partial charge in [0.05, 0.1) is 11.4 Å². The molecule has 16 heavy (non-hydrogen) atoms. The van der Waals surface area contributed by atoms with Crippen LogP contribution in [0.4, 0.5) is 0 Å². The molecule has 2 rings (SSSR count). The lowest BCUT2D eigenvalue weighted by Crippen LogP contribution is -2.44. The van der Waals surface area contributed by atoms with Crippen LogP contribution in [0, 0.1) is 13.8 Å². The number of aromatic nitrogens is 3. The van der Waals surface area contributed by atoms with Crippen LogP contribution in [0.15, 0.2) is 0 Å². The first-order valence-electron chi connectivity index (χ1n) is 5.85. The minimum atomic E-state index is 0.863. The van der Waals surface area contributed by atoms with E-state index in [0.717, 1.165) is 56.4 Å². The molecular formula is C11H19N5. The molecule has 2 heterocycles. The van der Waals surface area contributed by atoms with Gasteiger partial charge in [0.1, 0.15) is 0 Å². The summed E-state index contributed by atoms with van der Waals surface area (Å²) in [5.41, 5.74) is 1.91. The Balaban J connectivity index is 1.86. The number of piperazine rings is 1. The molecule has 0 spiro atoms. The Morgan fingerprint density at radius 1 is 1.12 bits per heavy atom. The summed E-state index contributed by atoms with van der Waals surface area (Å²) in [6.07, 6.45) is 0.897. The molecule has 1 fully saturated rings. The van der Waals surface area contributed by atoms with E-state index < -0.39 is 0 Å². The molecule has 1 aromatic rings. The Kier molecular flexibility index (Phi) is 3.79. The van der Waals surface area contributed by atoms with Gasteiger partial charge < -0.3 is 10.2 Å². The van der Waals surface area contributed by atoms with E-state index in [1.807, 2.05) is 13.8 Å². The molecule has 1 aliphatic heterocycles. The average molecular weight is 221 g/mol. The van der Waals surface area contributed by atoms with Crippen molar-refractivity contribution in [1.29, 1.82) is 0 Å². The predicted molar refractivity (Wildman–Crippen MR) is 62.3 cm³/mol. The van der Waals surface area contributed by atoms with Gasteiger partial charge >= 0.3 is 0 Å². The maximum atomic E-state index is 4.44. The highest BCUT2D eigenvalue weighted by molar-refractivity contribution is 5.05. The van der Waals surface area contributed by atoms with Gasteiger partial charge in [0.2, 0.25) is 0 Å². The standard InChI is InChI=1S/C11H19N5/c1-9-10(2)14-15-11(13-9)3-6-16-7-4-12-5-8-16/h12H,3-8H2,1-2H3. The van der Waals surface area contributed by atoms with Crippen LogP contribution < -0.4 is 5.32 Å². The van der Waals surface area contributed by atoms with Crippen molar-refractivity contribution in [3.63, 3.8) is 0 Å². The molecule has 88 valence electrons. The van der Waals surface area contributed by atoms with Crippen LogP contribution >= 0.6 is 0 Å². The number of aryl methyl sites for hydroxylation is 2. The van der Waals surface area contributed by atoms with Crippen molar-refractivity contribution >= 4 is 0 Å². The lowest BCUT2D eigenvalue weighted by Gasteiger charge is -2.26. The zero-order chi connectivity index (χ0) is 11.4. The molecule has 1 N–H and O–H groups in total. The van der Waals surface area contributed by atoms with Crippen LogP contribution in [-0.4, -0.2) is 52.8 Å². The van der Waals surface area contributed by atoms with E-state index in [9.17, 15) is 0 Å². The SMILES string of the molecule is Cc1nnc(CCN2CCNCC2)nc1C. The normalized spacial score (nSPS) is 17.6. The molecule has 1 aromatic heterocycles. The van der Waals surface area contributed by atoms with Crippen LogP contribution in [0.25, 0.3) is 0 Å². The molecule has 0 atom stereocenters. The molecular weight excluding hydrogens is 202 g/mol. The Bertz CT molecular complexity index is 346. The molecule has 5 heteroatoms. The summed E-state index contributed by atoms with van der Waals surface area (Å²) in [6, 6.07) is 0. The Morgan fingerprint density at radius 3 is 2.56 bits per heavy atom. The van der Waals surface area contributed by atoms with Gasteiger partial charge in [0.15, 0.2) is 5.82 Å². The van der Waals surface area contributed by atoms with Crippen molar-refractivity contribution < 1.29 is 0 Å². The predicted octanol–water partition coefficient (Wildman–Crippen LogP) is -0.0639. The van der Waals surface area contributed by atoms with Gasteiger partial charge in [0.25, 0.3) is 0 Å². The molecule has 0 bridgehead atoms. The quantitative estimate of drug-likeness (QED) is 0.774. The molecule has 5 nitrogen and oxygen atoms in total. The minimum absolute atomic E-state index is 0.863. The van der Waals surface area contributed by atoms with E-state index in [1.54, 1.807) is 0 Å². The number of hydrogen-bond acceptors (Lipinski definition) is 5. The van der Waals surface area contributed by atoms with E-state index in [4.69, 9.17) is 0 Å². The Morgan fingerprint density at radius 2 is 1.88 bits per heavy atom. The summed E-state index contributed by atoms with van der Waals surface area (Å²) in [5.74, 6) is 0.863. The lowest BCUT2D eigenvalue weighted by molar-refractivity contribution is 0.242. The summed E-state index contributed by atoms with van der Waals surface area (Å²) in [5, 5.41) is 11.6. The third-order valence-electron chi connectivity index (χ3n) is 3.00. The molecule has 0 radical (unpaired) electrons. The van der Waals surface area contributed by atoms with Crippen LogP contribution in [0.1, 0.15) is 17.2 Å². The molecule has 0 unspecified atom stereocenters. The Labute approximate surface area is 96.3 Å². The van der Waals surface area contributed by atoms with Gasteiger partial charge in [-0.3, -0.25) is 0 Å². The molecule has 0 aromatic carbocycles. The fraction of sp³-hybridized carbons (Fsp3) is 0.727. The number of rotatable bonds is 3. The zero-order valence-electron chi connectivity index (χ0n) is 10.0. The zero-order valence-corrected chi connectivity index (χ0v) is 10.0. The van der Waals surface area contributed by atoms with Gasteiger partial charge in [-0.05, 0) is 13.8 Å². The van der Waals surface area contributed by atoms with Crippen molar-refractivity contribution in [3.8, 4) is 0 Å². The summed E-state index contributed by atoms with van der Waals surface area (Å²) < 4.78 is 0. The van der Waals surface area contributed by atoms with Crippen molar-refractivity contribution in [2.45, 2.75) is 20.3 Å². The first-order valence-corrected chi connectivity index (χ1v) is 5.85. The van der Waals surface area contributed by atoms with E-state index in [2.05, 4.69) is 25.4 Å². The van der Waals surface area contributed by atoms with Crippen molar-refractivity contribution in [1.82, 2.24) is 25.4 Å². The second-order valence-corrected chi connectivity index (χ2v) is 4.24. The van der Waals surface area contributed by atoms with Crippen molar-refractivity contribution in [3.05, 3.63) is 17.2 Å². The second kappa shape index (κ2) is 5.32. The summed E-state index contributed by atoms with van der Waals surface area (Å²) in [4.78, 5) is 6.88. The molecule has 0 amide bonds. The highest BCUT2D eigenvalue weighted by atomic mass is 15.2. The van der Waals surface area contributed by atoms with E-state index in [0.29, 0.717) is 0 Å². The highest BCUT2D eigenvalue weighted by Gasteiger charge is 2.10. The second-order valence-electron chi connectivity index (χ2n) is 4.24. The maximum Gasteiger partial charge on any atom is 0.152 e. The first kappa shape index (κ1) is 11.4. The fourth-order valence-electron chi connectivity index (χ4n) is 1.80. The lowest BCUT2D eigenvalue weighted by atomic mass is 10.3. The topological polar surface area (TPSA) is 53.9 Å². The van der Waals surface area contributed by atoms with E-state index in [-0.39, 0.29) is 0 Å². The van der Waals surface area contributed by atoms with Gasteiger partial charge in [-0.1, -0.05) is 0 Å². The van der Waals surface area contributed by atoms with Gasteiger partial charge in [-0.25, -0.2) is 4.98 Å². The minimum Gasteiger partial charge on any atom is -0.314 e. The molecule has 0 saturated carbocycles.